The molecule has 3 rings (SSSR count). The topological polar surface area (TPSA) is 63.0 Å². The Morgan fingerprint density at radius 1 is 1.07 bits per heavy atom. The Labute approximate surface area is 167 Å². The molecule has 0 radical (unpaired) electrons. The largest absolute Gasteiger partial charge is 0.492 e. The average Bonchev–Trinajstić information content (AvgIpc) is 3.26. The van der Waals surface area contributed by atoms with E-state index in [1.165, 1.54) is 0 Å². The molecule has 0 aliphatic carbocycles. The van der Waals surface area contributed by atoms with Crippen LogP contribution in [-0.4, -0.2) is 68.5 Å². The fraction of sp³-hybridized carbons (Fsp3) is 0.476. The number of aliphatic imine (C=N–C) groups is 1. The molecule has 0 bridgehead atoms. The fourth-order valence-electron chi connectivity index (χ4n) is 3.12. The summed E-state index contributed by atoms with van der Waals surface area (Å²) in [6.45, 7) is 7.58. The molecule has 1 fully saturated rings. The first-order valence-corrected chi connectivity index (χ1v) is 9.91. The van der Waals surface area contributed by atoms with E-state index in [9.17, 15) is 0 Å². The molecule has 7 nitrogen and oxygen atoms in total. The summed E-state index contributed by atoms with van der Waals surface area (Å²) >= 11 is 0. The lowest BCUT2D eigenvalue weighted by atomic mass is 10.2. The number of para-hydroxylation sites is 1. The van der Waals surface area contributed by atoms with E-state index in [0.29, 0.717) is 13.2 Å². The predicted octanol–water partition coefficient (Wildman–Crippen LogP) is 1.56. The standard InChI is InChI=1S/C21H31N5O2/c1-22-21(23-8-11-25-9-4-5-10-25)24-18-19-6-2-3-7-20(19)28-17-14-26-12-15-27-16-13-26/h2-7,9-10H,8,11-18H2,1H3,(H2,22,23,24). The van der Waals surface area contributed by atoms with E-state index in [-0.39, 0.29) is 0 Å². The summed E-state index contributed by atoms with van der Waals surface area (Å²) in [5, 5.41) is 6.71. The zero-order chi connectivity index (χ0) is 19.4. The maximum absolute atomic E-state index is 6.05. The number of rotatable bonds is 9. The van der Waals surface area contributed by atoms with Gasteiger partial charge in [-0.15, -0.1) is 0 Å². The van der Waals surface area contributed by atoms with Crippen LogP contribution in [0.5, 0.6) is 5.75 Å². The average molecular weight is 386 g/mol. The Balaban J connectivity index is 1.42. The van der Waals surface area contributed by atoms with E-state index in [2.05, 4.69) is 43.6 Å². The zero-order valence-electron chi connectivity index (χ0n) is 16.6. The molecule has 1 aliphatic heterocycles. The van der Waals surface area contributed by atoms with Crippen LogP contribution in [0.2, 0.25) is 0 Å². The maximum Gasteiger partial charge on any atom is 0.191 e. The molecule has 2 N–H and O–H groups in total. The van der Waals surface area contributed by atoms with Crippen molar-refractivity contribution in [3.05, 3.63) is 54.4 Å². The fourth-order valence-corrected chi connectivity index (χ4v) is 3.12. The van der Waals surface area contributed by atoms with Crippen molar-refractivity contribution in [2.24, 2.45) is 4.99 Å². The van der Waals surface area contributed by atoms with Crippen LogP contribution in [0.3, 0.4) is 0 Å². The third-order valence-corrected chi connectivity index (χ3v) is 4.74. The molecule has 2 heterocycles. The van der Waals surface area contributed by atoms with Crippen molar-refractivity contribution in [3.63, 3.8) is 0 Å². The maximum atomic E-state index is 6.05. The predicted molar refractivity (Wildman–Crippen MR) is 112 cm³/mol. The van der Waals surface area contributed by atoms with E-state index in [1.807, 2.05) is 30.3 Å². The van der Waals surface area contributed by atoms with Crippen LogP contribution in [0, 0.1) is 0 Å². The molecule has 28 heavy (non-hydrogen) atoms. The molecule has 0 spiro atoms. The van der Waals surface area contributed by atoms with Crippen molar-refractivity contribution < 1.29 is 9.47 Å². The minimum absolute atomic E-state index is 0.664. The number of hydrogen-bond acceptors (Lipinski definition) is 4. The van der Waals surface area contributed by atoms with E-state index in [4.69, 9.17) is 9.47 Å². The monoisotopic (exact) mass is 385 g/mol. The van der Waals surface area contributed by atoms with Crippen molar-refractivity contribution in [3.8, 4) is 5.75 Å². The minimum Gasteiger partial charge on any atom is -0.492 e. The van der Waals surface area contributed by atoms with Gasteiger partial charge >= 0.3 is 0 Å². The summed E-state index contributed by atoms with van der Waals surface area (Å²) in [5.41, 5.74) is 1.12. The lowest BCUT2D eigenvalue weighted by molar-refractivity contribution is 0.0322. The molecule has 1 aromatic carbocycles. The number of ether oxygens (including phenoxy) is 2. The Kier molecular flexibility index (Phi) is 8.21. The third-order valence-electron chi connectivity index (χ3n) is 4.74. The van der Waals surface area contributed by atoms with Gasteiger partial charge in [-0.05, 0) is 18.2 Å². The first-order valence-electron chi connectivity index (χ1n) is 9.91. The van der Waals surface area contributed by atoms with Crippen LogP contribution in [0.1, 0.15) is 5.56 Å². The van der Waals surface area contributed by atoms with Crippen LogP contribution < -0.4 is 15.4 Å². The van der Waals surface area contributed by atoms with Gasteiger partial charge in [0.05, 0.1) is 13.2 Å². The number of hydrogen-bond donors (Lipinski definition) is 2. The molecule has 152 valence electrons. The van der Waals surface area contributed by atoms with Crippen LogP contribution in [0.15, 0.2) is 53.8 Å². The Hall–Kier alpha value is -2.51. The Bertz CT molecular complexity index is 711. The third kappa shape index (κ3) is 6.58. The van der Waals surface area contributed by atoms with Crippen molar-refractivity contribution in [1.82, 2.24) is 20.1 Å². The summed E-state index contributed by atoms with van der Waals surface area (Å²) in [7, 11) is 1.79. The number of morpholine rings is 1. The first-order chi connectivity index (χ1) is 13.8. The van der Waals surface area contributed by atoms with Gasteiger partial charge in [0.2, 0.25) is 0 Å². The highest BCUT2D eigenvalue weighted by atomic mass is 16.5. The Morgan fingerprint density at radius 2 is 1.86 bits per heavy atom. The molecule has 1 aliphatic rings. The number of nitrogens with one attached hydrogen (secondary N) is 2. The molecule has 0 saturated carbocycles. The number of nitrogens with zero attached hydrogens (tertiary/aromatic N) is 3. The Morgan fingerprint density at radius 3 is 2.64 bits per heavy atom. The minimum atomic E-state index is 0.664. The van der Waals surface area contributed by atoms with Gasteiger partial charge in [0, 0.05) is 64.3 Å². The van der Waals surface area contributed by atoms with Crippen molar-refractivity contribution >= 4 is 5.96 Å². The molecule has 2 aromatic rings. The van der Waals surface area contributed by atoms with Gasteiger partial charge in [0.15, 0.2) is 5.96 Å². The highest BCUT2D eigenvalue weighted by Crippen LogP contribution is 2.17. The van der Waals surface area contributed by atoms with Gasteiger partial charge in [0.1, 0.15) is 12.4 Å². The highest BCUT2D eigenvalue weighted by Gasteiger charge is 2.10. The second-order valence-corrected chi connectivity index (χ2v) is 6.68. The molecular weight excluding hydrogens is 354 g/mol. The summed E-state index contributed by atoms with van der Waals surface area (Å²) in [5.74, 6) is 1.71. The van der Waals surface area contributed by atoms with Gasteiger partial charge in [-0.25, -0.2) is 0 Å². The lowest BCUT2D eigenvalue weighted by Gasteiger charge is -2.26. The van der Waals surface area contributed by atoms with Gasteiger partial charge < -0.3 is 24.7 Å². The molecule has 0 unspecified atom stereocenters. The van der Waals surface area contributed by atoms with Gasteiger partial charge in [-0.3, -0.25) is 9.89 Å². The van der Waals surface area contributed by atoms with Crippen molar-refractivity contribution in [2.75, 3.05) is 53.0 Å². The zero-order valence-corrected chi connectivity index (χ0v) is 16.6. The quantitative estimate of drug-likeness (QED) is 0.507. The summed E-state index contributed by atoms with van der Waals surface area (Å²) in [6, 6.07) is 12.2. The van der Waals surface area contributed by atoms with E-state index < -0.39 is 0 Å². The lowest BCUT2D eigenvalue weighted by Crippen LogP contribution is -2.39. The molecular formula is C21H31N5O2. The van der Waals surface area contributed by atoms with Crippen molar-refractivity contribution in [2.45, 2.75) is 13.1 Å². The van der Waals surface area contributed by atoms with Gasteiger partial charge in [-0.2, -0.15) is 0 Å². The number of benzene rings is 1. The molecule has 7 heteroatoms. The number of aromatic nitrogens is 1. The summed E-state index contributed by atoms with van der Waals surface area (Å²) in [4.78, 5) is 6.68. The second kappa shape index (κ2) is 11.4. The molecule has 1 saturated heterocycles. The van der Waals surface area contributed by atoms with Crippen LogP contribution in [-0.2, 0) is 17.8 Å². The van der Waals surface area contributed by atoms with Gasteiger partial charge in [0.25, 0.3) is 0 Å². The van der Waals surface area contributed by atoms with Crippen LogP contribution in [0.4, 0.5) is 0 Å². The smallest absolute Gasteiger partial charge is 0.191 e. The molecule has 0 atom stereocenters. The van der Waals surface area contributed by atoms with Crippen LogP contribution in [0.25, 0.3) is 0 Å². The van der Waals surface area contributed by atoms with Crippen molar-refractivity contribution in [1.29, 1.82) is 0 Å². The second-order valence-electron chi connectivity index (χ2n) is 6.68. The molecule has 0 amide bonds. The normalized spacial score (nSPS) is 15.4. The highest BCUT2D eigenvalue weighted by molar-refractivity contribution is 5.79. The van der Waals surface area contributed by atoms with E-state index in [0.717, 1.165) is 63.2 Å². The molecule has 1 aromatic heterocycles. The first kappa shape index (κ1) is 20.2. The number of guanidine groups is 1. The summed E-state index contributed by atoms with van der Waals surface area (Å²) in [6.07, 6.45) is 4.12. The van der Waals surface area contributed by atoms with E-state index >= 15 is 0 Å². The van der Waals surface area contributed by atoms with Crippen LogP contribution >= 0.6 is 0 Å². The SMILES string of the molecule is CN=C(NCCn1cccc1)NCc1ccccc1OCCN1CCOCC1. The summed E-state index contributed by atoms with van der Waals surface area (Å²) < 4.78 is 13.6. The van der Waals surface area contributed by atoms with E-state index in [1.54, 1.807) is 7.05 Å². The van der Waals surface area contributed by atoms with Gasteiger partial charge in [-0.1, -0.05) is 18.2 Å².